The zero-order valence-corrected chi connectivity index (χ0v) is 16.2. The van der Waals surface area contributed by atoms with Gasteiger partial charge in [-0.05, 0) is 48.6 Å². The van der Waals surface area contributed by atoms with Gasteiger partial charge < -0.3 is 9.30 Å². The van der Waals surface area contributed by atoms with E-state index >= 15 is 0 Å². The molecule has 5 nitrogen and oxygen atoms in total. The number of hydrogen-bond acceptors (Lipinski definition) is 4. The van der Waals surface area contributed by atoms with E-state index in [0.29, 0.717) is 18.1 Å². The van der Waals surface area contributed by atoms with Crippen LogP contribution in [-0.4, -0.2) is 27.6 Å². The third-order valence-electron chi connectivity index (χ3n) is 4.29. The SMILES string of the molecule is COC(=O)c1ccc2c(n1)nc(C)n2Cc1ccc(CC(C)C)cc1Cl. The molecule has 6 heteroatoms. The van der Waals surface area contributed by atoms with Gasteiger partial charge in [0.15, 0.2) is 11.3 Å². The Labute approximate surface area is 158 Å². The number of imidazole rings is 1. The van der Waals surface area contributed by atoms with E-state index in [-0.39, 0.29) is 5.69 Å². The van der Waals surface area contributed by atoms with Crippen LogP contribution in [0.1, 0.15) is 41.3 Å². The summed E-state index contributed by atoms with van der Waals surface area (Å²) in [6, 6.07) is 9.73. The third-order valence-corrected chi connectivity index (χ3v) is 4.64. The van der Waals surface area contributed by atoms with Crippen LogP contribution in [0.15, 0.2) is 30.3 Å². The average molecular weight is 372 g/mol. The van der Waals surface area contributed by atoms with Gasteiger partial charge in [0.05, 0.1) is 19.2 Å². The molecule has 0 aliphatic carbocycles. The minimum absolute atomic E-state index is 0.251. The Kier molecular flexibility index (Phi) is 5.28. The van der Waals surface area contributed by atoms with Gasteiger partial charge in [0.1, 0.15) is 5.82 Å². The van der Waals surface area contributed by atoms with E-state index in [1.165, 1.54) is 12.7 Å². The van der Waals surface area contributed by atoms with Crippen LogP contribution < -0.4 is 0 Å². The first-order valence-corrected chi connectivity index (χ1v) is 8.96. The molecule has 0 aliphatic rings. The molecular weight excluding hydrogens is 350 g/mol. The molecular formula is C20H22ClN3O2. The summed E-state index contributed by atoms with van der Waals surface area (Å²) in [5, 5.41) is 0.753. The Morgan fingerprint density at radius 3 is 2.65 bits per heavy atom. The van der Waals surface area contributed by atoms with Crippen molar-refractivity contribution in [1.82, 2.24) is 14.5 Å². The fourth-order valence-electron chi connectivity index (χ4n) is 3.03. The Morgan fingerprint density at radius 2 is 2.00 bits per heavy atom. The Balaban J connectivity index is 1.94. The summed E-state index contributed by atoms with van der Waals surface area (Å²) in [7, 11) is 1.34. The van der Waals surface area contributed by atoms with Crippen molar-refractivity contribution >= 4 is 28.7 Å². The first-order valence-electron chi connectivity index (χ1n) is 8.58. The lowest BCUT2D eigenvalue weighted by atomic mass is 10.0. The zero-order chi connectivity index (χ0) is 18.8. The number of rotatable bonds is 5. The van der Waals surface area contributed by atoms with E-state index in [1.54, 1.807) is 6.07 Å². The monoisotopic (exact) mass is 371 g/mol. The molecule has 0 aliphatic heterocycles. The van der Waals surface area contributed by atoms with Crippen molar-refractivity contribution in [3.05, 3.63) is 58.0 Å². The lowest BCUT2D eigenvalue weighted by Crippen LogP contribution is -2.05. The third kappa shape index (κ3) is 3.73. The Morgan fingerprint density at radius 1 is 1.23 bits per heavy atom. The van der Waals surface area contributed by atoms with E-state index < -0.39 is 5.97 Å². The second-order valence-corrected chi connectivity index (χ2v) is 7.21. The van der Waals surface area contributed by atoms with Crippen LogP contribution in [0.5, 0.6) is 0 Å². The molecule has 0 bridgehead atoms. The molecule has 3 rings (SSSR count). The number of methoxy groups -OCH3 is 1. The topological polar surface area (TPSA) is 57.0 Å². The minimum atomic E-state index is -0.470. The van der Waals surface area contributed by atoms with E-state index in [1.807, 2.05) is 23.6 Å². The number of aromatic nitrogens is 3. The van der Waals surface area contributed by atoms with Gasteiger partial charge in [-0.15, -0.1) is 0 Å². The van der Waals surface area contributed by atoms with Gasteiger partial charge in [-0.2, -0.15) is 0 Å². The quantitative estimate of drug-likeness (QED) is 0.623. The molecule has 0 saturated carbocycles. The molecule has 136 valence electrons. The van der Waals surface area contributed by atoms with Crippen LogP contribution in [0.25, 0.3) is 11.2 Å². The smallest absolute Gasteiger partial charge is 0.356 e. The van der Waals surface area contributed by atoms with E-state index in [2.05, 4.69) is 35.9 Å². The predicted octanol–water partition coefficient (Wildman–Crippen LogP) is 4.43. The maximum absolute atomic E-state index is 11.7. The number of benzene rings is 1. The number of fused-ring (bicyclic) bond motifs is 1. The summed E-state index contributed by atoms with van der Waals surface area (Å²) < 4.78 is 6.77. The molecule has 0 amide bonds. The van der Waals surface area contributed by atoms with E-state index in [0.717, 1.165) is 28.3 Å². The molecule has 0 atom stereocenters. The fourth-order valence-corrected chi connectivity index (χ4v) is 3.29. The normalized spacial score (nSPS) is 11.3. The zero-order valence-electron chi connectivity index (χ0n) is 15.4. The van der Waals surface area contributed by atoms with Gasteiger partial charge in [0.2, 0.25) is 0 Å². The molecule has 1 aromatic carbocycles. The van der Waals surface area contributed by atoms with Crippen LogP contribution in [0, 0.1) is 12.8 Å². The second kappa shape index (κ2) is 7.46. The van der Waals surface area contributed by atoms with Crippen LogP contribution in [0.3, 0.4) is 0 Å². The van der Waals surface area contributed by atoms with E-state index in [4.69, 9.17) is 16.3 Å². The number of aryl methyl sites for hydroxylation is 1. The maximum atomic E-state index is 11.7. The molecule has 2 heterocycles. The molecule has 0 N–H and O–H groups in total. The molecule has 0 radical (unpaired) electrons. The van der Waals surface area contributed by atoms with Crippen molar-refractivity contribution in [1.29, 1.82) is 0 Å². The summed E-state index contributed by atoms with van der Waals surface area (Å²) in [4.78, 5) is 20.4. The Bertz CT molecular complexity index is 963. The van der Waals surface area contributed by atoms with Gasteiger partial charge in [0.25, 0.3) is 0 Å². The predicted molar refractivity (Wildman–Crippen MR) is 103 cm³/mol. The summed E-state index contributed by atoms with van der Waals surface area (Å²) in [5.41, 5.74) is 3.90. The number of halogens is 1. The Hall–Kier alpha value is -2.40. The fraction of sp³-hybridized carbons (Fsp3) is 0.350. The maximum Gasteiger partial charge on any atom is 0.356 e. The molecule has 26 heavy (non-hydrogen) atoms. The van der Waals surface area contributed by atoms with Crippen LogP contribution >= 0.6 is 11.6 Å². The van der Waals surface area contributed by atoms with Gasteiger partial charge in [-0.1, -0.05) is 37.6 Å². The van der Waals surface area contributed by atoms with Gasteiger partial charge >= 0.3 is 5.97 Å². The lowest BCUT2D eigenvalue weighted by Gasteiger charge is -2.11. The molecule has 0 fully saturated rings. The van der Waals surface area contributed by atoms with Crippen molar-refractivity contribution in [2.45, 2.75) is 33.7 Å². The van der Waals surface area contributed by atoms with E-state index in [9.17, 15) is 4.79 Å². The number of pyridine rings is 1. The van der Waals surface area contributed by atoms with Crippen LogP contribution in [0.2, 0.25) is 5.02 Å². The van der Waals surface area contributed by atoms with Crippen molar-refractivity contribution in [2.75, 3.05) is 7.11 Å². The number of esters is 1. The molecule has 0 saturated heterocycles. The number of hydrogen-bond donors (Lipinski definition) is 0. The van der Waals surface area contributed by atoms with Gasteiger partial charge in [-0.3, -0.25) is 0 Å². The number of ether oxygens (including phenoxy) is 1. The molecule has 0 unspecified atom stereocenters. The lowest BCUT2D eigenvalue weighted by molar-refractivity contribution is 0.0594. The van der Waals surface area contributed by atoms with Crippen molar-refractivity contribution in [3.8, 4) is 0 Å². The summed E-state index contributed by atoms with van der Waals surface area (Å²) in [6.07, 6.45) is 1.01. The second-order valence-electron chi connectivity index (χ2n) is 6.80. The summed E-state index contributed by atoms with van der Waals surface area (Å²) in [5.74, 6) is 0.937. The molecule has 0 spiro atoms. The average Bonchev–Trinajstić information content (AvgIpc) is 2.90. The highest BCUT2D eigenvalue weighted by atomic mass is 35.5. The summed E-state index contributed by atoms with van der Waals surface area (Å²) in [6.45, 7) is 6.90. The highest BCUT2D eigenvalue weighted by Crippen LogP contribution is 2.23. The van der Waals surface area contributed by atoms with Gasteiger partial charge in [0, 0.05) is 5.02 Å². The van der Waals surface area contributed by atoms with Crippen molar-refractivity contribution < 1.29 is 9.53 Å². The number of nitrogens with zero attached hydrogens (tertiary/aromatic N) is 3. The number of carbonyl (C=O) groups is 1. The first kappa shape index (κ1) is 18.4. The minimum Gasteiger partial charge on any atom is -0.464 e. The molecule has 2 aromatic heterocycles. The first-order chi connectivity index (χ1) is 12.4. The van der Waals surface area contributed by atoms with Crippen LogP contribution in [-0.2, 0) is 17.7 Å². The van der Waals surface area contributed by atoms with Crippen molar-refractivity contribution in [2.24, 2.45) is 5.92 Å². The molecule has 3 aromatic rings. The highest BCUT2D eigenvalue weighted by molar-refractivity contribution is 6.31. The summed E-state index contributed by atoms with van der Waals surface area (Å²) >= 11 is 6.51. The van der Waals surface area contributed by atoms with Crippen LogP contribution in [0.4, 0.5) is 0 Å². The standard InChI is InChI=1S/C20H22ClN3O2/c1-12(2)9-14-5-6-15(16(21)10-14)11-24-13(3)22-19-18(24)8-7-17(23-19)20(25)26-4/h5-8,10,12H,9,11H2,1-4H3. The van der Waals surface area contributed by atoms with Crippen molar-refractivity contribution in [3.63, 3.8) is 0 Å². The largest absolute Gasteiger partial charge is 0.464 e. The van der Waals surface area contributed by atoms with Gasteiger partial charge in [-0.25, -0.2) is 14.8 Å². The highest BCUT2D eigenvalue weighted by Gasteiger charge is 2.14. The number of carbonyl (C=O) groups excluding carboxylic acids is 1.